The third kappa shape index (κ3) is 4.54. The number of amides is 1. The molecule has 7 nitrogen and oxygen atoms in total. The first kappa shape index (κ1) is 21.1. The number of rotatable bonds is 6. The van der Waals surface area contributed by atoms with E-state index in [-0.39, 0.29) is 22.3 Å². The summed E-state index contributed by atoms with van der Waals surface area (Å²) < 4.78 is 33.4. The van der Waals surface area contributed by atoms with Gasteiger partial charge in [0, 0.05) is 25.2 Å². The van der Waals surface area contributed by atoms with Gasteiger partial charge in [-0.2, -0.15) is 4.31 Å². The average molecular weight is 418 g/mol. The van der Waals surface area contributed by atoms with Crippen LogP contribution in [0, 0.1) is 0 Å². The van der Waals surface area contributed by atoms with Gasteiger partial charge in [0.1, 0.15) is 10.6 Å². The van der Waals surface area contributed by atoms with Crippen molar-refractivity contribution in [2.75, 3.05) is 25.7 Å². The zero-order valence-electron chi connectivity index (χ0n) is 17.0. The van der Waals surface area contributed by atoms with E-state index in [4.69, 9.17) is 4.74 Å². The van der Waals surface area contributed by atoms with Gasteiger partial charge in [-0.3, -0.25) is 15.2 Å². The maximum Gasteiger partial charge on any atom is 0.269 e. The number of sulfonamides is 1. The van der Waals surface area contributed by atoms with Crippen molar-refractivity contribution in [3.63, 3.8) is 0 Å². The number of carbonyl (C=O) groups is 1. The topological polar surface area (TPSA) is 79.0 Å². The van der Waals surface area contributed by atoms with Crippen molar-refractivity contribution in [3.8, 4) is 5.75 Å². The second-order valence-corrected chi connectivity index (χ2v) is 9.02. The van der Waals surface area contributed by atoms with Crippen LogP contribution < -0.4 is 15.2 Å². The van der Waals surface area contributed by atoms with Crippen LogP contribution in [0.1, 0.15) is 36.5 Å². The van der Waals surface area contributed by atoms with E-state index in [0.29, 0.717) is 6.54 Å². The zero-order valence-corrected chi connectivity index (χ0v) is 17.8. The summed E-state index contributed by atoms with van der Waals surface area (Å²) in [7, 11) is -0.622. The molecule has 3 rings (SSSR count). The number of hydrogen-bond acceptors (Lipinski definition) is 5. The Balaban J connectivity index is 1.89. The molecule has 0 spiro atoms. The van der Waals surface area contributed by atoms with Gasteiger partial charge in [0.15, 0.2) is 0 Å². The Kier molecular flexibility index (Phi) is 6.44. The van der Waals surface area contributed by atoms with Gasteiger partial charge in [0.25, 0.3) is 5.91 Å². The van der Waals surface area contributed by atoms with Gasteiger partial charge in [-0.15, -0.1) is 0 Å². The largest absolute Gasteiger partial charge is 0.495 e. The van der Waals surface area contributed by atoms with Gasteiger partial charge in [-0.25, -0.2) is 8.42 Å². The molecule has 8 heteroatoms. The highest BCUT2D eigenvalue weighted by molar-refractivity contribution is 7.89. The fourth-order valence-electron chi connectivity index (χ4n) is 3.51. The number of piperidine rings is 1. The normalized spacial score (nSPS) is 17.6. The summed E-state index contributed by atoms with van der Waals surface area (Å²) in [6.07, 6.45) is 2.66. The van der Waals surface area contributed by atoms with E-state index in [9.17, 15) is 13.2 Å². The van der Waals surface area contributed by atoms with Crippen molar-refractivity contribution < 1.29 is 17.9 Å². The first-order valence-corrected chi connectivity index (χ1v) is 11.1. The summed E-state index contributed by atoms with van der Waals surface area (Å²) in [5, 5.41) is 1.59. The average Bonchev–Trinajstić information content (AvgIpc) is 2.74. The van der Waals surface area contributed by atoms with Gasteiger partial charge in [-0.1, -0.05) is 24.6 Å². The molecule has 1 saturated heterocycles. The van der Waals surface area contributed by atoms with Crippen molar-refractivity contribution in [1.82, 2.24) is 9.73 Å². The van der Waals surface area contributed by atoms with E-state index in [1.54, 1.807) is 18.1 Å². The molecule has 0 aliphatic carbocycles. The van der Waals surface area contributed by atoms with Crippen LogP contribution in [0.25, 0.3) is 0 Å². The van der Waals surface area contributed by atoms with E-state index in [1.165, 1.54) is 23.5 Å². The summed E-state index contributed by atoms with van der Waals surface area (Å²) in [6, 6.07) is 13.8. The Morgan fingerprint density at radius 1 is 1.17 bits per heavy atom. The van der Waals surface area contributed by atoms with E-state index in [2.05, 4.69) is 5.43 Å². The van der Waals surface area contributed by atoms with Crippen LogP contribution in [0.5, 0.6) is 5.75 Å². The number of methoxy groups -OCH3 is 1. The van der Waals surface area contributed by atoms with E-state index in [1.807, 2.05) is 37.3 Å². The lowest BCUT2D eigenvalue weighted by molar-refractivity contribution is 0.0951. The van der Waals surface area contributed by atoms with Gasteiger partial charge in [0.2, 0.25) is 10.0 Å². The number of nitrogens with one attached hydrogen (secondary N) is 1. The minimum atomic E-state index is -3.78. The predicted octanol–water partition coefficient (Wildman–Crippen LogP) is 3.04. The molecular formula is C21H27N3O4S. The first-order valence-electron chi connectivity index (χ1n) is 9.64. The number of hydrazine groups is 1. The van der Waals surface area contributed by atoms with Crippen LogP contribution in [-0.2, 0) is 10.0 Å². The van der Waals surface area contributed by atoms with Crippen LogP contribution in [-0.4, -0.2) is 45.4 Å². The monoisotopic (exact) mass is 417 g/mol. The highest BCUT2D eigenvalue weighted by atomic mass is 32.2. The molecule has 156 valence electrons. The van der Waals surface area contributed by atoms with Gasteiger partial charge in [-0.05, 0) is 50.1 Å². The Labute approximate surface area is 172 Å². The Morgan fingerprint density at radius 3 is 2.55 bits per heavy atom. The second kappa shape index (κ2) is 8.84. The van der Waals surface area contributed by atoms with Crippen molar-refractivity contribution in [2.45, 2.75) is 37.1 Å². The van der Waals surface area contributed by atoms with E-state index < -0.39 is 15.9 Å². The SMILES string of the molecule is COc1ccc(C(=O)NN(C)c2ccccc2)cc1S(=O)(=O)N1CCCC[C@H]1C. The second-order valence-electron chi connectivity index (χ2n) is 7.16. The molecule has 1 aliphatic heterocycles. The molecule has 1 fully saturated rings. The molecule has 0 bridgehead atoms. The minimum absolute atomic E-state index is 0.0174. The number of nitrogens with zero attached hydrogens (tertiary/aromatic N) is 2. The molecular weight excluding hydrogens is 390 g/mol. The van der Waals surface area contributed by atoms with Crippen molar-refractivity contribution in [3.05, 3.63) is 54.1 Å². The smallest absolute Gasteiger partial charge is 0.269 e. The lowest BCUT2D eigenvalue weighted by Gasteiger charge is -2.32. The van der Waals surface area contributed by atoms with E-state index in [0.717, 1.165) is 24.9 Å². The standard InChI is InChI=1S/C21H27N3O4S/c1-16-9-7-8-14-24(16)29(26,27)20-15-17(12-13-19(20)28-3)21(25)22-23(2)18-10-5-4-6-11-18/h4-6,10-13,15-16H,7-9,14H2,1-3H3,(H,22,25)/t16-/m1/s1. The van der Waals surface area contributed by atoms with Gasteiger partial charge in [0.05, 0.1) is 12.8 Å². The summed E-state index contributed by atoms with van der Waals surface area (Å²) in [6.45, 7) is 2.38. The Bertz CT molecular complexity index is 963. The van der Waals surface area contributed by atoms with Crippen molar-refractivity contribution >= 4 is 21.6 Å². The molecule has 1 atom stereocenters. The number of anilines is 1. The zero-order chi connectivity index (χ0) is 21.0. The first-order chi connectivity index (χ1) is 13.8. The fraction of sp³-hybridized carbons (Fsp3) is 0.381. The number of carbonyl (C=O) groups excluding carboxylic acids is 1. The molecule has 1 aliphatic rings. The van der Waals surface area contributed by atoms with Crippen LogP contribution in [0.2, 0.25) is 0 Å². The molecule has 29 heavy (non-hydrogen) atoms. The highest BCUT2D eigenvalue weighted by Crippen LogP contribution is 2.31. The third-order valence-corrected chi connectivity index (χ3v) is 7.20. The van der Waals surface area contributed by atoms with E-state index >= 15 is 0 Å². The molecule has 0 unspecified atom stereocenters. The fourth-order valence-corrected chi connectivity index (χ4v) is 5.39. The van der Waals surface area contributed by atoms with Crippen molar-refractivity contribution in [2.24, 2.45) is 0 Å². The van der Waals surface area contributed by atoms with Crippen LogP contribution in [0.3, 0.4) is 0 Å². The lowest BCUT2D eigenvalue weighted by Crippen LogP contribution is -2.42. The quantitative estimate of drug-likeness (QED) is 0.731. The molecule has 1 N–H and O–H groups in total. The highest BCUT2D eigenvalue weighted by Gasteiger charge is 2.33. The van der Waals surface area contributed by atoms with Crippen LogP contribution in [0.4, 0.5) is 5.69 Å². The number of ether oxygens (including phenoxy) is 1. The summed E-state index contributed by atoms with van der Waals surface area (Å²) in [5.74, 6) is -0.169. The molecule has 0 aromatic heterocycles. The summed E-state index contributed by atoms with van der Waals surface area (Å²) in [5.41, 5.74) is 3.82. The lowest BCUT2D eigenvalue weighted by atomic mass is 10.1. The maximum absolute atomic E-state index is 13.3. The minimum Gasteiger partial charge on any atom is -0.495 e. The molecule has 0 saturated carbocycles. The molecule has 1 heterocycles. The number of benzene rings is 2. The predicted molar refractivity (Wildman–Crippen MR) is 113 cm³/mol. The Hall–Kier alpha value is -2.58. The Morgan fingerprint density at radius 2 is 1.90 bits per heavy atom. The molecule has 1 amide bonds. The number of para-hydroxylation sites is 1. The molecule has 2 aromatic carbocycles. The van der Waals surface area contributed by atoms with Gasteiger partial charge >= 0.3 is 0 Å². The maximum atomic E-state index is 13.3. The van der Waals surface area contributed by atoms with Crippen LogP contribution in [0.15, 0.2) is 53.4 Å². The van der Waals surface area contributed by atoms with Crippen molar-refractivity contribution in [1.29, 1.82) is 0 Å². The molecule has 0 radical (unpaired) electrons. The number of hydrogen-bond donors (Lipinski definition) is 1. The van der Waals surface area contributed by atoms with Gasteiger partial charge < -0.3 is 4.74 Å². The summed E-state index contributed by atoms with van der Waals surface area (Å²) in [4.78, 5) is 12.8. The third-order valence-electron chi connectivity index (χ3n) is 5.17. The van der Waals surface area contributed by atoms with Crippen LogP contribution >= 0.6 is 0 Å². The molecule has 2 aromatic rings. The summed E-state index contributed by atoms with van der Waals surface area (Å²) >= 11 is 0.